The van der Waals surface area contributed by atoms with Gasteiger partial charge in [0, 0.05) is 16.7 Å². The van der Waals surface area contributed by atoms with Gasteiger partial charge >= 0.3 is 0 Å². The molecule has 3 rings (SSSR count). The van der Waals surface area contributed by atoms with Crippen molar-refractivity contribution < 1.29 is 18.4 Å². The third kappa shape index (κ3) is 4.69. The van der Waals surface area contributed by atoms with Crippen molar-refractivity contribution in [2.45, 2.75) is 38.2 Å². The third-order valence-electron chi connectivity index (χ3n) is 3.89. The second-order valence-electron chi connectivity index (χ2n) is 7.26. The Morgan fingerprint density at radius 2 is 1.82 bits per heavy atom. The maximum Gasteiger partial charge on any atom is 0.284 e. The highest BCUT2D eigenvalue weighted by Crippen LogP contribution is 2.28. The van der Waals surface area contributed by atoms with E-state index in [2.05, 4.69) is 15.5 Å². The Bertz CT molecular complexity index is 956. The summed E-state index contributed by atoms with van der Waals surface area (Å²) in [6.45, 7) is 7.30. The third-order valence-corrected chi connectivity index (χ3v) is 4.83. The lowest BCUT2D eigenvalue weighted by Gasteiger charge is -2.17. The number of carbonyl (C=O) groups excluding carboxylic acids is 2. The lowest BCUT2D eigenvalue weighted by Crippen LogP contribution is -2.27. The molecule has 0 aliphatic heterocycles. The number of rotatable bonds is 6. The van der Waals surface area contributed by atoms with E-state index >= 15 is 0 Å². The molecule has 28 heavy (non-hydrogen) atoms. The number of ketones is 1. The van der Waals surface area contributed by atoms with Gasteiger partial charge in [-0.05, 0) is 43.3 Å². The quantitative estimate of drug-likeness (QED) is 0.475. The first-order valence-electron chi connectivity index (χ1n) is 8.74. The van der Waals surface area contributed by atoms with Crippen LogP contribution in [-0.4, -0.2) is 27.1 Å². The SMILES string of the molecule is C[C@H](Sc1nnc(-c2ccco2)o1)C(=O)c1ccc(NC(=O)C(C)(C)C)cc1. The number of amides is 1. The average Bonchev–Trinajstić information content (AvgIpc) is 3.32. The number of benzene rings is 1. The number of furan rings is 1. The summed E-state index contributed by atoms with van der Waals surface area (Å²) in [4.78, 5) is 24.7. The zero-order chi connectivity index (χ0) is 20.3. The van der Waals surface area contributed by atoms with Gasteiger partial charge in [0.2, 0.25) is 5.91 Å². The van der Waals surface area contributed by atoms with Gasteiger partial charge in [-0.1, -0.05) is 32.5 Å². The molecule has 0 aliphatic rings. The fourth-order valence-electron chi connectivity index (χ4n) is 2.23. The molecule has 2 heterocycles. The molecule has 0 saturated heterocycles. The summed E-state index contributed by atoms with van der Waals surface area (Å²) in [7, 11) is 0. The second-order valence-corrected chi connectivity index (χ2v) is 8.55. The first kappa shape index (κ1) is 19.9. The zero-order valence-corrected chi connectivity index (χ0v) is 16.9. The van der Waals surface area contributed by atoms with Gasteiger partial charge in [0.15, 0.2) is 11.5 Å². The minimum atomic E-state index is -0.488. The molecule has 0 fully saturated rings. The van der Waals surface area contributed by atoms with Crippen LogP contribution in [0.2, 0.25) is 0 Å². The smallest absolute Gasteiger partial charge is 0.284 e. The van der Waals surface area contributed by atoms with E-state index in [9.17, 15) is 9.59 Å². The summed E-state index contributed by atoms with van der Waals surface area (Å²) >= 11 is 1.18. The van der Waals surface area contributed by atoms with Crippen LogP contribution in [0.4, 0.5) is 5.69 Å². The molecule has 1 amide bonds. The van der Waals surface area contributed by atoms with E-state index < -0.39 is 10.7 Å². The van der Waals surface area contributed by atoms with Crippen LogP contribution in [0.1, 0.15) is 38.1 Å². The Morgan fingerprint density at radius 1 is 1.11 bits per heavy atom. The number of carbonyl (C=O) groups is 2. The van der Waals surface area contributed by atoms with Crippen molar-refractivity contribution in [1.82, 2.24) is 10.2 Å². The van der Waals surface area contributed by atoms with E-state index in [1.54, 1.807) is 43.3 Å². The van der Waals surface area contributed by atoms with Gasteiger partial charge in [-0.15, -0.1) is 10.2 Å². The zero-order valence-electron chi connectivity index (χ0n) is 16.1. The molecule has 146 valence electrons. The Labute approximate surface area is 166 Å². The van der Waals surface area contributed by atoms with E-state index in [4.69, 9.17) is 8.83 Å². The van der Waals surface area contributed by atoms with Gasteiger partial charge < -0.3 is 14.2 Å². The Balaban J connectivity index is 1.62. The average molecular weight is 399 g/mol. The summed E-state index contributed by atoms with van der Waals surface area (Å²) in [6, 6.07) is 10.3. The predicted molar refractivity (Wildman–Crippen MR) is 106 cm³/mol. The van der Waals surface area contributed by atoms with Gasteiger partial charge in [-0.25, -0.2) is 0 Å². The van der Waals surface area contributed by atoms with Crippen molar-refractivity contribution in [3.05, 3.63) is 48.2 Å². The van der Waals surface area contributed by atoms with Gasteiger partial charge in [0.25, 0.3) is 11.1 Å². The summed E-state index contributed by atoms with van der Waals surface area (Å²) in [6.07, 6.45) is 1.52. The number of nitrogens with zero attached hydrogens (tertiary/aromatic N) is 2. The molecule has 1 aromatic carbocycles. The van der Waals surface area contributed by atoms with Crippen molar-refractivity contribution in [2.75, 3.05) is 5.32 Å². The van der Waals surface area contributed by atoms with Crippen molar-refractivity contribution in [2.24, 2.45) is 5.41 Å². The number of hydrogen-bond acceptors (Lipinski definition) is 7. The second kappa shape index (κ2) is 8.02. The number of anilines is 1. The van der Waals surface area contributed by atoms with Crippen LogP contribution in [-0.2, 0) is 4.79 Å². The standard InChI is InChI=1S/C20H21N3O4S/c1-12(28-19-23-22-17(27-19)15-6-5-11-26-15)16(24)13-7-9-14(10-8-13)21-18(25)20(2,3)4/h5-12H,1-4H3,(H,21,25)/t12-/m0/s1. The van der Waals surface area contributed by atoms with Crippen LogP contribution in [0, 0.1) is 5.41 Å². The highest BCUT2D eigenvalue weighted by atomic mass is 32.2. The lowest BCUT2D eigenvalue weighted by molar-refractivity contribution is -0.123. The predicted octanol–water partition coefficient (Wildman–Crippen LogP) is 4.68. The first-order valence-corrected chi connectivity index (χ1v) is 9.62. The van der Waals surface area contributed by atoms with E-state index in [0.29, 0.717) is 22.2 Å². The molecule has 0 radical (unpaired) electrons. The largest absolute Gasteiger partial charge is 0.459 e. The molecule has 7 nitrogen and oxygen atoms in total. The number of hydrogen-bond donors (Lipinski definition) is 1. The number of nitrogens with one attached hydrogen (secondary N) is 1. The fourth-order valence-corrected chi connectivity index (χ4v) is 2.99. The van der Waals surface area contributed by atoms with Crippen LogP contribution in [0.5, 0.6) is 0 Å². The summed E-state index contributed by atoms with van der Waals surface area (Å²) in [5.41, 5.74) is 0.703. The summed E-state index contributed by atoms with van der Waals surface area (Å²) in [5, 5.41) is 10.6. The number of Topliss-reactive ketones (excluding diaryl/α,β-unsaturated/α-hetero) is 1. The van der Waals surface area contributed by atoms with Gasteiger partial charge in [0.1, 0.15) is 0 Å². The van der Waals surface area contributed by atoms with E-state index in [1.165, 1.54) is 18.0 Å². The number of thioether (sulfide) groups is 1. The summed E-state index contributed by atoms with van der Waals surface area (Å²) < 4.78 is 10.7. The molecule has 0 spiro atoms. The van der Waals surface area contributed by atoms with Crippen molar-refractivity contribution in [3.8, 4) is 11.7 Å². The number of aromatic nitrogens is 2. The van der Waals surface area contributed by atoms with Crippen LogP contribution < -0.4 is 5.32 Å². The molecule has 1 N–H and O–H groups in total. The Morgan fingerprint density at radius 3 is 2.43 bits per heavy atom. The van der Waals surface area contributed by atoms with Crippen LogP contribution >= 0.6 is 11.8 Å². The van der Waals surface area contributed by atoms with E-state index in [1.807, 2.05) is 20.8 Å². The fraction of sp³-hybridized carbons (Fsp3) is 0.300. The maximum absolute atomic E-state index is 12.7. The first-order chi connectivity index (χ1) is 13.2. The maximum atomic E-state index is 12.7. The molecule has 0 aliphatic carbocycles. The normalized spacial score (nSPS) is 12.6. The van der Waals surface area contributed by atoms with Crippen LogP contribution in [0.25, 0.3) is 11.7 Å². The monoisotopic (exact) mass is 399 g/mol. The molecule has 2 aromatic heterocycles. The molecule has 1 atom stereocenters. The topological polar surface area (TPSA) is 98.2 Å². The molecule has 0 unspecified atom stereocenters. The minimum absolute atomic E-state index is 0.0727. The molecular formula is C20H21N3O4S. The van der Waals surface area contributed by atoms with Crippen molar-refractivity contribution in [1.29, 1.82) is 0 Å². The molecule has 8 heteroatoms. The van der Waals surface area contributed by atoms with Gasteiger partial charge in [-0.3, -0.25) is 9.59 Å². The van der Waals surface area contributed by atoms with Crippen LogP contribution in [0.15, 0.2) is 56.7 Å². The highest BCUT2D eigenvalue weighted by molar-refractivity contribution is 8.00. The minimum Gasteiger partial charge on any atom is -0.459 e. The molecule has 0 bridgehead atoms. The van der Waals surface area contributed by atoms with Crippen molar-refractivity contribution >= 4 is 29.1 Å². The van der Waals surface area contributed by atoms with E-state index in [0.717, 1.165) is 0 Å². The lowest BCUT2D eigenvalue weighted by atomic mass is 9.95. The Kier molecular flexibility index (Phi) is 5.69. The molecule has 3 aromatic rings. The van der Waals surface area contributed by atoms with Gasteiger partial charge in [-0.2, -0.15) is 0 Å². The van der Waals surface area contributed by atoms with Crippen LogP contribution in [0.3, 0.4) is 0 Å². The van der Waals surface area contributed by atoms with Crippen molar-refractivity contribution in [3.63, 3.8) is 0 Å². The van der Waals surface area contributed by atoms with Gasteiger partial charge in [0.05, 0.1) is 11.5 Å². The van der Waals surface area contributed by atoms with E-state index in [-0.39, 0.29) is 17.6 Å². The highest BCUT2D eigenvalue weighted by Gasteiger charge is 2.22. The Hall–Kier alpha value is -2.87. The molecular weight excluding hydrogens is 378 g/mol. The molecule has 0 saturated carbocycles. The summed E-state index contributed by atoms with van der Waals surface area (Å²) in [5.74, 6) is 0.591.